The lowest BCUT2D eigenvalue weighted by Gasteiger charge is -2.08. The number of rotatable bonds is 9. The van der Waals surface area contributed by atoms with Gasteiger partial charge in [0.2, 0.25) is 0 Å². The first-order valence-corrected chi connectivity index (χ1v) is 6.60. The van der Waals surface area contributed by atoms with Crippen molar-refractivity contribution in [2.45, 2.75) is 39.9 Å². The molecule has 0 atom stereocenters. The Balaban J connectivity index is 2.18. The van der Waals surface area contributed by atoms with Crippen LogP contribution in [0.25, 0.3) is 0 Å². The largest absolute Gasteiger partial charge is 0.376 e. The number of nitrogens with zero attached hydrogens (tertiary/aromatic N) is 1. The van der Waals surface area contributed by atoms with Gasteiger partial charge < -0.3 is 14.8 Å². The van der Waals surface area contributed by atoms with Crippen molar-refractivity contribution in [2.75, 3.05) is 25.1 Å². The van der Waals surface area contributed by atoms with Gasteiger partial charge in [-0.3, -0.25) is 0 Å². The molecule has 0 aliphatic heterocycles. The zero-order valence-electron chi connectivity index (χ0n) is 11.6. The number of hydrogen-bond donors (Lipinski definition) is 1. The van der Waals surface area contributed by atoms with Crippen LogP contribution in [0.2, 0.25) is 0 Å². The SMILES string of the molecule is CCCNc1ccc(COCCOC(C)C)cn1. The smallest absolute Gasteiger partial charge is 0.125 e. The fourth-order valence-electron chi connectivity index (χ4n) is 1.40. The predicted octanol–water partition coefficient (Wildman–Crippen LogP) is 2.85. The van der Waals surface area contributed by atoms with Crippen molar-refractivity contribution in [3.05, 3.63) is 23.9 Å². The Morgan fingerprint density at radius 2 is 2.11 bits per heavy atom. The van der Waals surface area contributed by atoms with Gasteiger partial charge in [0.15, 0.2) is 0 Å². The molecule has 0 unspecified atom stereocenters. The lowest BCUT2D eigenvalue weighted by molar-refractivity contribution is 0.0142. The monoisotopic (exact) mass is 252 g/mol. The van der Waals surface area contributed by atoms with Crippen LogP contribution in [0.4, 0.5) is 5.82 Å². The Morgan fingerprint density at radius 1 is 1.28 bits per heavy atom. The summed E-state index contributed by atoms with van der Waals surface area (Å²) in [5.41, 5.74) is 1.08. The standard InChI is InChI=1S/C14H24N2O2/c1-4-7-15-14-6-5-13(10-16-14)11-17-8-9-18-12(2)3/h5-6,10,12H,4,7-9,11H2,1-3H3,(H,15,16). The zero-order valence-corrected chi connectivity index (χ0v) is 11.6. The van der Waals surface area contributed by atoms with Crippen molar-refractivity contribution in [1.82, 2.24) is 4.98 Å². The Hall–Kier alpha value is -1.13. The summed E-state index contributed by atoms with van der Waals surface area (Å²) in [5.74, 6) is 0.920. The van der Waals surface area contributed by atoms with Crippen LogP contribution in [-0.4, -0.2) is 30.8 Å². The molecule has 1 aromatic heterocycles. The van der Waals surface area contributed by atoms with Gasteiger partial charge in [-0.1, -0.05) is 13.0 Å². The van der Waals surface area contributed by atoms with E-state index in [-0.39, 0.29) is 6.10 Å². The minimum Gasteiger partial charge on any atom is -0.376 e. The van der Waals surface area contributed by atoms with Gasteiger partial charge in [0.1, 0.15) is 5.82 Å². The Bertz CT molecular complexity index is 312. The summed E-state index contributed by atoms with van der Waals surface area (Å²) in [6.07, 6.45) is 3.21. The van der Waals surface area contributed by atoms with E-state index in [9.17, 15) is 0 Å². The van der Waals surface area contributed by atoms with Gasteiger partial charge in [-0.05, 0) is 31.9 Å². The van der Waals surface area contributed by atoms with E-state index in [0.29, 0.717) is 19.8 Å². The van der Waals surface area contributed by atoms with Crippen LogP contribution in [0.1, 0.15) is 32.8 Å². The quantitative estimate of drug-likeness (QED) is 0.686. The second kappa shape index (κ2) is 8.89. The predicted molar refractivity (Wildman–Crippen MR) is 73.8 cm³/mol. The molecular formula is C14H24N2O2. The van der Waals surface area contributed by atoms with E-state index in [1.807, 2.05) is 32.2 Å². The first-order chi connectivity index (χ1) is 8.72. The van der Waals surface area contributed by atoms with Crippen LogP contribution in [0.15, 0.2) is 18.3 Å². The maximum absolute atomic E-state index is 5.51. The summed E-state index contributed by atoms with van der Waals surface area (Å²) in [5, 5.41) is 3.24. The molecule has 0 saturated carbocycles. The summed E-state index contributed by atoms with van der Waals surface area (Å²) < 4.78 is 10.9. The second-order valence-electron chi connectivity index (χ2n) is 4.45. The molecule has 4 nitrogen and oxygen atoms in total. The van der Waals surface area contributed by atoms with E-state index in [0.717, 1.165) is 24.3 Å². The van der Waals surface area contributed by atoms with Crippen LogP contribution in [0.3, 0.4) is 0 Å². The highest BCUT2D eigenvalue weighted by Crippen LogP contribution is 2.06. The Kier molecular flexibility index (Phi) is 7.37. The number of aromatic nitrogens is 1. The summed E-state index contributed by atoms with van der Waals surface area (Å²) in [6.45, 7) is 8.97. The molecule has 0 aromatic carbocycles. The van der Waals surface area contributed by atoms with E-state index >= 15 is 0 Å². The van der Waals surface area contributed by atoms with Gasteiger partial charge in [0.25, 0.3) is 0 Å². The number of ether oxygens (including phenoxy) is 2. The summed E-state index contributed by atoms with van der Waals surface area (Å²) in [6, 6.07) is 4.02. The average Bonchev–Trinajstić information content (AvgIpc) is 2.37. The molecule has 1 rings (SSSR count). The maximum Gasteiger partial charge on any atom is 0.125 e. The van der Waals surface area contributed by atoms with Crippen LogP contribution in [0.5, 0.6) is 0 Å². The van der Waals surface area contributed by atoms with Crippen molar-refractivity contribution >= 4 is 5.82 Å². The highest BCUT2D eigenvalue weighted by molar-refractivity contribution is 5.35. The molecule has 1 aromatic rings. The van der Waals surface area contributed by atoms with E-state index in [1.165, 1.54) is 0 Å². The van der Waals surface area contributed by atoms with Crippen LogP contribution >= 0.6 is 0 Å². The molecule has 18 heavy (non-hydrogen) atoms. The first kappa shape index (κ1) is 14.9. The maximum atomic E-state index is 5.51. The lowest BCUT2D eigenvalue weighted by Crippen LogP contribution is -2.09. The van der Waals surface area contributed by atoms with Crippen molar-refractivity contribution in [2.24, 2.45) is 0 Å². The van der Waals surface area contributed by atoms with Crippen molar-refractivity contribution in [3.8, 4) is 0 Å². The molecule has 0 amide bonds. The van der Waals surface area contributed by atoms with E-state index in [1.54, 1.807) is 0 Å². The van der Waals surface area contributed by atoms with Gasteiger partial charge >= 0.3 is 0 Å². The van der Waals surface area contributed by atoms with Crippen molar-refractivity contribution in [1.29, 1.82) is 0 Å². The molecule has 102 valence electrons. The fourth-order valence-corrected chi connectivity index (χ4v) is 1.40. The molecule has 0 aliphatic rings. The van der Waals surface area contributed by atoms with Crippen LogP contribution in [0, 0.1) is 0 Å². The third-order valence-electron chi connectivity index (χ3n) is 2.33. The van der Waals surface area contributed by atoms with E-state index < -0.39 is 0 Å². The minimum absolute atomic E-state index is 0.263. The highest BCUT2D eigenvalue weighted by Gasteiger charge is 1.97. The summed E-state index contributed by atoms with van der Waals surface area (Å²) in [7, 11) is 0. The molecule has 0 spiro atoms. The van der Waals surface area contributed by atoms with Gasteiger partial charge in [-0.15, -0.1) is 0 Å². The van der Waals surface area contributed by atoms with E-state index in [4.69, 9.17) is 9.47 Å². The zero-order chi connectivity index (χ0) is 13.2. The third-order valence-corrected chi connectivity index (χ3v) is 2.33. The fraction of sp³-hybridized carbons (Fsp3) is 0.643. The topological polar surface area (TPSA) is 43.4 Å². The number of hydrogen-bond acceptors (Lipinski definition) is 4. The summed E-state index contributed by atoms with van der Waals surface area (Å²) >= 11 is 0. The molecule has 1 heterocycles. The number of nitrogens with one attached hydrogen (secondary N) is 1. The third kappa shape index (κ3) is 6.57. The average molecular weight is 252 g/mol. The first-order valence-electron chi connectivity index (χ1n) is 6.60. The molecule has 4 heteroatoms. The Labute approximate surface area is 110 Å². The summed E-state index contributed by atoms with van der Waals surface area (Å²) in [4.78, 5) is 4.32. The minimum atomic E-state index is 0.263. The molecule has 0 saturated heterocycles. The van der Waals surface area contributed by atoms with Crippen molar-refractivity contribution < 1.29 is 9.47 Å². The molecule has 0 bridgehead atoms. The van der Waals surface area contributed by atoms with Crippen molar-refractivity contribution in [3.63, 3.8) is 0 Å². The molecule has 0 aliphatic carbocycles. The second-order valence-corrected chi connectivity index (χ2v) is 4.45. The Morgan fingerprint density at radius 3 is 2.72 bits per heavy atom. The van der Waals surface area contributed by atoms with Gasteiger partial charge in [-0.2, -0.15) is 0 Å². The molecule has 0 radical (unpaired) electrons. The van der Waals surface area contributed by atoms with E-state index in [2.05, 4.69) is 17.2 Å². The molecule has 1 N–H and O–H groups in total. The number of pyridine rings is 1. The normalized spacial score (nSPS) is 10.9. The van der Waals surface area contributed by atoms with Gasteiger partial charge in [0.05, 0.1) is 25.9 Å². The molecular weight excluding hydrogens is 228 g/mol. The van der Waals surface area contributed by atoms with Gasteiger partial charge in [0, 0.05) is 12.7 Å². The van der Waals surface area contributed by atoms with Crippen LogP contribution in [-0.2, 0) is 16.1 Å². The van der Waals surface area contributed by atoms with Gasteiger partial charge in [-0.25, -0.2) is 4.98 Å². The molecule has 0 fully saturated rings. The number of anilines is 1. The van der Waals surface area contributed by atoms with Crippen LogP contribution < -0.4 is 5.32 Å². The lowest BCUT2D eigenvalue weighted by atomic mass is 10.3. The highest BCUT2D eigenvalue weighted by atomic mass is 16.5.